The van der Waals surface area contributed by atoms with Crippen LogP contribution in [-0.4, -0.2) is 85.5 Å². The second-order valence-electron chi connectivity index (χ2n) is 8.43. The van der Waals surface area contributed by atoms with Crippen molar-refractivity contribution in [3.63, 3.8) is 0 Å². The van der Waals surface area contributed by atoms with E-state index in [1.807, 2.05) is 17.7 Å². The number of benzene rings is 1. The number of thioether (sulfide) groups is 1. The molecule has 0 unspecified atom stereocenters. The Hall–Kier alpha value is -2.76. The van der Waals surface area contributed by atoms with Crippen LogP contribution in [0.2, 0.25) is 0 Å². The normalized spacial score (nSPS) is 16.3. The number of hydrogen-bond donors (Lipinski definition) is 2. The zero-order valence-electron chi connectivity index (χ0n) is 20.1. The molecule has 0 spiro atoms. The lowest BCUT2D eigenvalue weighted by Crippen LogP contribution is -2.49. The SMILES string of the molecule is CCn1cc(C(=O)N[C@@H](CCSC)C(=O)NCCN2CCOCC2)c(=O)c2cc3c(cc21)OCO3. The number of hydrogen-bond acceptors (Lipinski definition) is 8. The molecule has 0 bridgehead atoms. The van der Waals surface area contributed by atoms with Gasteiger partial charge in [0.15, 0.2) is 11.5 Å². The molecular weight excluding hydrogens is 472 g/mol. The van der Waals surface area contributed by atoms with Crippen LogP contribution in [0.5, 0.6) is 11.5 Å². The number of fused-ring (bicyclic) bond motifs is 2. The van der Waals surface area contributed by atoms with Crippen molar-refractivity contribution in [3.05, 3.63) is 34.1 Å². The number of aromatic nitrogens is 1. The van der Waals surface area contributed by atoms with Gasteiger partial charge in [-0.2, -0.15) is 11.8 Å². The summed E-state index contributed by atoms with van der Waals surface area (Å²) in [5.74, 6) is 0.934. The van der Waals surface area contributed by atoms with Crippen molar-refractivity contribution in [1.29, 1.82) is 0 Å². The Bertz CT molecular complexity index is 1130. The summed E-state index contributed by atoms with van der Waals surface area (Å²) in [6.07, 6.45) is 3.96. The number of amides is 2. The van der Waals surface area contributed by atoms with Gasteiger partial charge in [0.2, 0.25) is 18.1 Å². The van der Waals surface area contributed by atoms with Gasteiger partial charge in [-0.1, -0.05) is 0 Å². The van der Waals surface area contributed by atoms with Gasteiger partial charge in [-0.05, 0) is 31.4 Å². The molecule has 0 saturated carbocycles. The van der Waals surface area contributed by atoms with Gasteiger partial charge in [0.05, 0.1) is 24.1 Å². The Labute approximate surface area is 208 Å². The first-order chi connectivity index (χ1) is 17.0. The summed E-state index contributed by atoms with van der Waals surface area (Å²) in [6.45, 7) is 6.86. The fraction of sp³-hybridized carbons (Fsp3) is 0.542. The van der Waals surface area contributed by atoms with Crippen molar-refractivity contribution < 1.29 is 23.8 Å². The highest BCUT2D eigenvalue weighted by atomic mass is 32.2. The molecule has 2 aromatic rings. The van der Waals surface area contributed by atoms with Crippen LogP contribution in [0.3, 0.4) is 0 Å². The summed E-state index contributed by atoms with van der Waals surface area (Å²) in [7, 11) is 0. The van der Waals surface area contributed by atoms with E-state index in [-0.39, 0.29) is 18.3 Å². The summed E-state index contributed by atoms with van der Waals surface area (Å²) in [4.78, 5) is 41.6. The molecule has 35 heavy (non-hydrogen) atoms. The van der Waals surface area contributed by atoms with Crippen molar-refractivity contribution in [2.75, 3.05) is 58.2 Å². The highest BCUT2D eigenvalue weighted by Gasteiger charge is 2.25. The van der Waals surface area contributed by atoms with Crippen molar-refractivity contribution >= 4 is 34.5 Å². The fourth-order valence-electron chi connectivity index (χ4n) is 4.23. The monoisotopic (exact) mass is 504 g/mol. The molecule has 2 aliphatic heterocycles. The number of nitrogens with zero attached hydrogens (tertiary/aromatic N) is 2. The average molecular weight is 505 g/mol. The van der Waals surface area contributed by atoms with Crippen LogP contribution in [0, 0.1) is 0 Å². The zero-order chi connectivity index (χ0) is 24.8. The first kappa shape index (κ1) is 25.3. The summed E-state index contributed by atoms with van der Waals surface area (Å²) in [5.41, 5.74) is 0.253. The predicted octanol–water partition coefficient (Wildman–Crippen LogP) is 1.05. The van der Waals surface area contributed by atoms with Crippen molar-refractivity contribution in [2.45, 2.75) is 25.9 Å². The van der Waals surface area contributed by atoms with E-state index in [4.69, 9.17) is 14.2 Å². The number of aryl methyl sites for hydroxylation is 1. The van der Waals surface area contributed by atoms with Gasteiger partial charge < -0.3 is 29.4 Å². The van der Waals surface area contributed by atoms with E-state index in [0.29, 0.717) is 60.9 Å². The molecule has 1 fully saturated rings. The number of nitrogens with one attached hydrogen (secondary N) is 2. The van der Waals surface area contributed by atoms with E-state index >= 15 is 0 Å². The van der Waals surface area contributed by atoms with E-state index in [1.54, 1.807) is 30.1 Å². The van der Waals surface area contributed by atoms with Crippen molar-refractivity contribution in [1.82, 2.24) is 20.1 Å². The maximum absolute atomic E-state index is 13.3. The fourth-order valence-corrected chi connectivity index (χ4v) is 4.70. The summed E-state index contributed by atoms with van der Waals surface area (Å²) in [5, 5.41) is 6.10. The second-order valence-corrected chi connectivity index (χ2v) is 9.42. The van der Waals surface area contributed by atoms with E-state index in [0.717, 1.165) is 19.6 Å². The second kappa shape index (κ2) is 11.8. The Morgan fingerprint density at radius 3 is 2.63 bits per heavy atom. The number of carbonyl (C=O) groups excluding carboxylic acids is 2. The molecule has 2 amide bonds. The molecule has 1 atom stereocenters. The Kier molecular flexibility index (Phi) is 8.53. The quantitative estimate of drug-likeness (QED) is 0.494. The van der Waals surface area contributed by atoms with Crippen LogP contribution in [0.15, 0.2) is 23.1 Å². The van der Waals surface area contributed by atoms with Crippen LogP contribution >= 0.6 is 11.8 Å². The van der Waals surface area contributed by atoms with Crippen LogP contribution < -0.4 is 25.5 Å². The van der Waals surface area contributed by atoms with E-state index in [9.17, 15) is 14.4 Å². The number of morpholine rings is 1. The molecule has 0 radical (unpaired) electrons. The lowest BCUT2D eigenvalue weighted by molar-refractivity contribution is -0.123. The molecule has 1 aromatic heterocycles. The molecule has 2 aliphatic rings. The largest absolute Gasteiger partial charge is 0.454 e. The van der Waals surface area contributed by atoms with Crippen LogP contribution in [0.1, 0.15) is 23.7 Å². The van der Waals surface area contributed by atoms with E-state index in [1.165, 1.54) is 0 Å². The number of carbonyl (C=O) groups is 2. The van der Waals surface area contributed by atoms with Gasteiger partial charge >= 0.3 is 0 Å². The standard InChI is InChI=1S/C24H32N4O6S/c1-3-28-14-17(22(29)16-12-20-21(13-19(16)28)34-15-33-20)23(30)26-18(4-11-35-2)24(31)25-5-6-27-7-9-32-10-8-27/h12-14,18H,3-11,15H2,1-2H3,(H,25,31)(H,26,30)/t18-/m0/s1. The zero-order valence-corrected chi connectivity index (χ0v) is 20.9. The first-order valence-corrected chi connectivity index (χ1v) is 13.3. The third-order valence-electron chi connectivity index (χ3n) is 6.22. The topological polar surface area (TPSA) is 111 Å². The maximum atomic E-state index is 13.3. The molecule has 190 valence electrons. The maximum Gasteiger partial charge on any atom is 0.257 e. The van der Waals surface area contributed by atoms with Crippen LogP contribution in [0.4, 0.5) is 0 Å². The van der Waals surface area contributed by atoms with E-state index in [2.05, 4.69) is 15.5 Å². The van der Waals surface area contributed by atoms with Crippen LogP contribution in [0.25, 0.3) is 10.9 Å². The smallest absolute Gasteiger partial charge is 0.257 e. The summed E-state index contributed by atoms with van der Waals surface area (Å²) >= 11 is 1.59. The van der Waals surface area contributed by atoms with Gasteiger partial charge in [-0.15, -0.1) is 0 Å². The summed E-state index contributed by atoms with van der Waals surface area (Å²) in [6, 6.07) is 2.64. The molecule has 3 heterocycles. The van der Waals surface area contributed by atoms with Gasteiger partial charge in [0.1, 0.15) is 11.6 Å². The molecule has 1 aromatic carbocycles. The van der Waals surface area contributed by atoms with Crippen molar-refractivity contribution in [2.24, 2.45) is 0 Å². The number of pyridine rings is 1. The third-order valence-corrected chi connectivity index (χ3v) is 6.87. The third kappa shape index (κ3) is 5.91. The van der Waals surface area contributed by atoms with Gasteiger partial charge in [0.25, 0.3) is 5.91 Å². The minimum Gasteiger partial charge on any atom is -0.454 e. The highest BCUT2D eigenvalue weighted by molar-refractivity contribution is 7.98. The molecule has 11 heteroatoms. The van der Waals surface area contributed by atoms with Gasteiger partial charge in [-0.25, -0.2) is 0 Å². The lowest BCUT2D eigenvalue weighted by Gasteiger charge is -2.27. The minimum atomic E-state index is -0.735. The molecule has 0 aliphatic carbocycles. The minimum absolute atomic E-state index is 0.00603. The summed E-state index contributed by atoms with van der Waals surface area (Å²) < 4.78 is 18.0. The Balaban J connectivity index is 1.50. The molecule has 4 rings (SSSR count). The molecule has 1 saturated heterocycles. The highest BCUT2D eigenvalue weighted by Crippen LogP contribution is 2.35. The van der Waals surface area contributed by atoms with Crippen LogP contribution in [-0.2, 0) is 16.1 Å². The Morgan fingerprint density at radius 1 is 1.17 bits per heavy atom. The lowest BCUT2D eigenvalue weighted by atomic mass is 10.1. The first-order valence-electron chi connectivity index (χ1n) is 11.9. The number of rotatable bonds is 10. The van der Waals surface area contributed by atoms with Crippen molar-refractivity contribution in [3.8, 4) is 11.5 Å². The average Bonchev–Trinajstić information content (AvgIpc) is 3.34. The van der Waals surface area contributed by atoms with Gasteiger partial charge in [0, 0.05) is 45.0 Å². The van der Waals surface area contributed by atoms with Gasteiger partial charge in [-0.3, -0.25) is 19.3 Å². The molecule has 2 N–H and O–H groups in total. The van der Waals surface area contributed by atoms with E-state index < -0.39 is 17.4 Å². The molecule has 10 nitrogen and oxygen atoms in total. The predicted molar refractivity (Wildman–Crippen MR) is 135 cm³/mol. The molecular formula is C24H32N4O6S. The number of ether oxygens (including phenoxy) is 3. The Morgan fingerprint density at radius 2 is 1.91 bits per heavy atom.